The molecule has 16 heteroatoms. The molecule has 0 aliphatic rings. The molecule has 0 N–H and O–H groups in total. The molecule has 0 amide bonds. The molecule has 1 heterocycles. The van der Waals surface area contributed by atoms with E-state index in [0.29, 0.717) is 20.7 Å². The van der Waals surface area contributed by atoms with E-state index in [1.807, 2.05) is 0 Å². The summed E-state index contributed by atoms with van der Waals surface area (Å²) in [7, 11) is 0. The Morgan fingerprint density at radius 1 is 0.833 bits per heavy atom. The van der Waals surface area contributed by atoms with E-state index in [2.05, 4.69) is 5.10 Å². The maximum atomic E-state index is 12.7. The summed E-state index contributed by atoms with van der Waals surface area (Å²) < 4.78 is 97.8. The number of carbonyl (C=O) groups excluding carboxylic acids is 1. The number of aryl methyl sites for hydroxylation is 1. The van der Waals surface area contributed by atoms with Crippen molar-refractivity contribution < 1.29 is 50.1 Å². The number of aromatic nitrogens is 3. The Balaban J connectivity index is 1.99. The van der Waals surface area contributed by atoms with Crippen LogP contribution >= 0.6 is 0 Å². The number of halogens is 6. The first-order chi connectivity index (χ1) is 19.5. The third-order valence-corrected chi connectivity index (χ3v) is 5.52. The van der Waals surface area contributed by atoms with Crippen LogP contribution in [0.4, 0.5) is 26.3 Å². The van der Waals surface area contributed by atoms with Crippen molar-refractivity contribution in [1.82, 2.24) is 14.3 Å². The molecule has 0 unspecified atom stereocenters. The monoisotopic (exact) mass is 613 g/mol. The predicted molar refractivity (Wildman–Crippen MR) is 137 cm³/mol. The summed E-state index contributed by atoms with van der Waals surface area (Å²) in [5.74, 6) is -0.310. The van der Waals surface area contributed by atoms with Gasteiger partial charge in [-0.25, -0.2) is 14.3 Å². The summed E-state index contributed by atoms with van der Waals surface area (Å²) in [5.41, 5.74) is -3.42. The van der Waals surface area contributed by atoms with Crippen LogP contribution in [0, 0.1) is 0 Å². The van der Waals surface area contributed by atoms with E-state index in [1.54, 1.807) is 45.0 Å². The summed E-state index contributed by atoms with van der Waals surface area (Å²) >= 11 is 0. The van der Waals surface area contributed by atoms with E-state index in [1.165, 1.54) is 0 Å². The Hall–Kier alpha value is -3.72. The minimum atomic E-state index is -4.52. The molecular formula is C26H33F6N3O7. The predicted octanol–water partition coefficient (Wildman–Crippen LogP) is 4.66. The number of benzene rings is 1. The number of rotatable bonds is 16. The quantitative estimate of drug-likeness (QED) is 0.153. The highest BCUT2D eigenvalue weighted by molar-refractivity contribution is 5.79. The van der Waals surface area contributed by atoms with E-state index in [9.17, 15) is 40.7 Å². The van der Waals surface area contributed by atoms with E-state index in [0.717, 1.165) is 0 Å². The van der Waals surface area contributed by atoms with Crippen LogP contribution in [0.5, 0.6) is 17.4 Å². The zero-order chi connectivity index (χ0) is 31.6. The molecule has 1 aromatic carbocycles. The van der Waals surface area contributed by atoms with Crippen LogP contribution in [0.25, 0.3) is 0 Å². The average Bonchev–Trinajstić information content (AvgIpc) is 2.87. The van der Waals surface area contributed by atoms with Gasteiger partial charge in [0.2, 0.25) is 0 Å². The third-order valence-electron chi connectivity index (χ3n) is 5.52. The van der Waals surface area contributed by atoms with E-state index in [4.69, 9.17) is 18.9 Å². The molecule has 236 valence electrons. The maximum Gasteiger partial charge on any atom is 0.389 e. The van der Waals surface area contributed by atoms with Crippen LogP contribution < -0.4 is 25.5 Å². The number of ether oxygens (including phenoxy) is 4. The highest BCUT2D eigenvalue weighted by atomic mass is 19.4. The standard InChI is InChI=1S/C26H33F6N3O7/c1-4-39-22(37)24(2,3)42-19-10-8-18(9-11-19)40-16-7-17-41-20-21(36)34(14-5-12-25(27,28)29)23(38)35(33-20)15-6-13-26(30,31)32/h8-11H,4-7,12-17H2,1-3H3. The Bertz CT molecular complexity index is 1270. The molecule has 0 bridgehead atoms. The van der Waals surface area contributed by atoms with Crippen molar-refractivity contribution in [3.63, 3.8) is 0 Å². The lowest BCUT2D eigenvalue weighted by Crippen LogP contribution is -2.42. The molecular weight excluding hydrogens is 580 g/mol. The maximum absolute atomic E-state index is 12.7. The minimum absolute atomic E-state index is 0.0967. The lowest BCUT2D eigenvalue weighted by atomic mass is 10.1. The van der Waals surface area contributed by atoms with E-state index >= 15 is 0 Å². The molecule has 10 nitrogen and oxygen atoms in total. The molecule has 2 aromatic rings. The number of carbonyl (C=O) groups is 1. The van der Waals surface area contributed by atoms with Crippen molar-refractivity contribution in [3.8, 4) is 17.4 Å². The van der Waals surface area contributed by atoms with Gasteiger partial charge in [0.25, 0.3) is 5.88 Å². The normalized spacial score (nSPS) is 12.2. The lowest BCUT2D eigenvalue weighted by molar-refractivity contribution is -0.158. The first-order valence-electron chi connectivity index (χ1n) is 13.1. The fourth-order valence-corrected chi connectivity index (χ4v) is 3.50. The van der Waals surface area contributed by atoms with Gasteiger partial charge in [-0.05, 0) is 57.9 Å². The minimum Gasteiger partial charge on any atom is -0.493 e. The Labute approximate surface area is 237 Å². The Morgan fingerprint density at radius 3 is 1.95 bits per heavy atom. The van der Waals surface area contributed by atoms with Gasteiger partial charge in [-0.1, -0.05) is 0 Å². The summed E-state index contributed by atoms with van der Waals surface area (Å²) in [5, 5.41) is 3.70. The van der Waals surface area contributed by atoms with Gasteiger partial charge in [0, 0.05) is 32.4 Å². The summed E-state index contributed by atoms with van der Waals surface area (Å²) in [6.45, 7) is 3.83. The van der Waals surface area contributed by atoms with Crippen LogP contribution in [-0.2, 0) is 22.6 Å². The first kappa shape index (κ1) is 34.5. The molecule has 1 aromatic heterocycles. The topological polar surface area (TPSA) is 111 Å². The zero-order valence-corrected chi connectivity index (χ0v) is 23.3. The first-order valence-corrected chi connectivity index (χ1v) is 13.1. The molecule has 0 fully saturated rings. The van der Waals surface area contributed by atoms with Crippen molar-refractivity contribution in [2.24, 2.45) is 0 Å². The molecule has 2 rings (SSSR count). The molecule has 0 radical (unpaired) electrons. The molecule has 0 aliphatic carbocycles. The van der Waals surface area contributed by atoms with Crippen LogP contribution in [0.2, 0.25) is 0 Å². The van der Waals surface area contributed by atoms with Gasteiger partial charge < -0.3 is 18.9 Å². The summed E-state index contributed by atoms with van der Waals surface area (Å²) in [6, 6.07) is 6.35. The van der Waals surface area contributed by atoms with E-state index < -0.39 is 79.8 Å². The second kappa shape index (κ2) is 15.0. The molecule has 42 heavy (non-hydrogen) atoms. The summed E-state index contributed by atoms with van der Waals surface area (Å²) in [6.07, 6.45) is -12.4. The average molecular weight is 614 g/mol. The van der Waals surface area contributed by atoms with Gasteiger partial charge in [0.05, 0.1) is 19.8 Å². The van der Waals surface area contributed by atoms with Gasteiger partial charge in [-0.15, -0.1) is 5.10 Å². The number of esters is 1. The number of hydrogen-bond donors (Lipinski definition) is 0. The molecule has 0 atom stereocenters. The third kappa shape index (κ3) is 11.6. The zero-order valence-electron chi connectivity index (χ0n) is 23.3. The van der Waals surface area contributed by atoms with Gasteiger partial charge in [0.15, 0.2) is 5.60 Å². The van der Waals surface area contributed by atoms with Crippen molar-refractivity contribution in [1.29, 1.82) is 0 Å². The molecule has 0 saturated heterocycles. The second-order valence-electron chi connectivity index (χ2n) is 9.56. The van der Waals surface area contributed by atoms with Crippen LogP contribution in [0.1, 0.15) is 52.9 Å². The van der Waals surface area contributed by atoms with Crippen LogP contribution in [0.15, 0.2) is 33.9 Å². The number of nitrogens with zero attached hydrogens (tertiary/aromatic N) is 3. The number of hydrogen-bond acceptors (Lipinski definition) is 8. The van der Waals surface area contributed by atoms with Gasteiger partial charge >= 0.3 is 29.6 Å². The van der Waals surface area contributed by atoms with Crippen molar-refractivity contribution in [3.05, 3.63) is 45.1 Å². The fraction of sp³-hybridized carbons (Fsp3) is 0.615. The molecule has 0 aliphatic heterocycles. The fourth-order valence-electron chi connectivity index (χ4n) is 3.50. The summed E-state index contributed by atoms with van der Waals surface area (Å²) in [4.78, 5) is 37.2. The second-order valence-corrected chi connectivity index (χ2v) is 9.56. The van der Waals surface area contributed by atoms with Gasteiger partial charge in [0.1, 0.15) is 11.5 Å². The van der Waals surface area contributed by atoms with Crippen molar-refractivity contribution >= 4 is 5.97 Å². The lowest BCUT2D eigenvalue weighted by Gasteiger charge is -2.24. The van der Waals surface area contributed by atoms with Crippen LogP contribution in [0.3, 0.4) is 0 Å². The molecule has 0 saturated carbocycles. The largest absolute Gasteiger partial charge is 0.493 e. The highest BCUT2D eigenvalue weighted by Gasteiger charge is 2.31. The van der Waals surface area contributed by atoms with Crippen LogP contribution in [-0.4, -0.2) is 58.1 Å². The number of alkyl halides is 6. The van der Waals surface area contributed by atoms with Crippen molar-refractivity contribution in [2.75, 3.05) is 19.8 Å². The highest BCUT2D eigenvalue weighted by Crippen LogP contribution is 2.24. The van der Waals surface area contributed by atoms with Crippen molar-refractivity contribution in [2.45, 2.75) is 83.9 Å². The SMILES string of the molecule is CCOC(=O)C(C)(C)Oc1ccc(OCCCOc2nn(CCCC(F)(F)F)c(=O)n(CCCC(F)(F)F)c2=O)cc1. The Morgan fingerprint density at radius 2 is 1.38 bits per heavy atom. The smallest absolute Gasteiger partial charge is 0.389 e. The van der Waals surface area contributed by atoms with E-state index in [-0.39, 0.29) is 26.2 Å². The van der Waals surface area contributed by atoms with Gasteiger partial charge in [-0.3, -0.25) is 9.36 Å². The van der Waals surface area contributed by atoms with Gasteiger partial charge in [-0.2, -0.15) is 26.3 Å². The Kier molecular flexibility index (Phi) is 12.3. The molecule has 0 spiro atoms.